The van der Waals surface area contributed by atoms with Crippen molar-refractivity contribution in [3.8, 4) is 11.3 Å². The van der Waals surface area contributed by atoms with Crippen LogP contribution in [0.1, 0.15) is 29.3 Å². The first-order chi connectivity index (χ1) is 17.7. The van der Waals surface area contributed by atoms with Gasteiger partial charge in [-0.25, -0.2) is 15.0 Å². The summed E-state index contributed by atoms with van der Waals surface area (Å²) in [4.78, 5) is 30.0. The van der Waals surface area contributed by atoms with E-state index in [1.807, 2.05) is 42.6 Å². The summed E-state index contributed by atoms with van der Waals surface area (Å²) in [5.74, 6) is 1.46. The Morgan fingerprint density at radius 3 is 2.58 bits per heavy atom. The molecule has 0 saturated heterocycles. The van der Waals surface area contributed by atoms with Crippen LogP contribution in [0.4, 0.5) is 11.6 Å². The Hall–Kier alpha value is -4.11. The maximum absolute atomic E-state index is 12.2. The number of fused-ring (bicyclic) bond motifs is 1. The SMILES string of the molecule is CCCNCCNc1ccc(-c2cc(NCCc3cccc4c(C(=O)NC)ccnc34)ncn2)cn1. The number of nitrogens with zero attached hydrogens (tertiary/aromatic N) is 4. The molecular formula is C27H32N8O. The van der Waals surface area contributed by atoms with Crippen molar-refractivity contribution >= 4 is 28.4 Å². The molecule has 1 aromatic carbocycles. The zero-order valence-corrected chi connectivity index (χ0v) is 20.7. The highest BCUT2D eigenvalue weighted by molar-refractivity contribution is 6.06. The van der Waals surface area contributed by atoms with Crippen molar-refractivity contribution in [3.05, 3.63) is 72.3 Å². The topological polar surface area (TPSA) is 117 Å². The van der Waals surface area contributed by atoms with Crippen LogP contribution in [0, 0.1) is 0 Å². The van der Waals surface area contributed by atoms with Crippen LogP contribution in [-0.2, 0) is 6.42 Å². The van der Waals surface area contributed by atoms with Crippen molar-refractivity contribution in [2.24, 2.45) is 0 Å². The van der Waals surface area contributed by atoms with Gasteiger partial charge in [0.25, 0.3) is 5.91 Å². The van der Waals surface area contributed by atoms with Crippen LogP contribution >= 0.6 is 0 Å². The Balaban J connectivity index is 1.37. The van der Waals surface area contributed by atoms with Crippen molar-refractivity contribution in [2.45, 2.75) is 19.8 Å². The number of carbonyl (C=O) groups excluding carboxylic acids is 1. The Morgan fingerprint density at radius 2 is 1.78 bits per heavy atom. The number of rotatable bonds is 12. The molecule has 0 radical (unpaired) electrons. The fourth-order valence-corrected chi connectivity index (χ4v) is 3.94. The van der Waals surface area contributed by atoms with Crippen molar-refractivity contribution < 1.29 is 4.79 Å². The van der Waals surface area contributed by atoms with E-state index in [4.69, 9.17) is 0 Å². The summed E-state index contributed by atoms with van der Waals surface area (Å²) < 4.78 is 0. The molecule has 3 heterocycles. The lowest BCUT2D eigenvalue weighted by molar-refractivity contribution is 0.0964. The molecule has 3 aromatic heterocycles. The van der Waals surface area contributed by atoms with Crippen molar-refractivity contribution in [3.63, 3.8) is 0 Å². The number of carbonyl (C=O) groups is 1. The first-order valence-corrected chi connectivity index (χ1v) is 12.2. The monoisotopic (exact) mass is 484 g/mol. The maximum atomic E-state index is 12.2. The van der Waals surface area contributed by atoms with Gasteiger partial charge in [-0.1, -0.05) is 25.1 Å². The van der Waals surface area contributed by atoms with E-state index in [-0.39, 0.29) is 5.91 Å². The quantitative estimate of drug-likeness (QED) is 0.226. The summed E-state index contributed by atoms with van der Waals surface area (Å²) in [5.41, 5.74) is 4.26. The minimum atomic E-state index is -0.117. The van der Waals surface area contributed by atoms with E-state index < -0.39 is 0 Å². The average molecular weight is 485 g/mol. The number of aromatic nitrogens is 4. The molecule has 186 valence electrons. The van der Waals surface area contributed by atoms with Gasteiger partial charge in [0, 0.05) is 56.1 Å². The molecule has 36 heavy (non-hydrogen) atoms. The lowest BCUT2D eigenvalue weighted by Crippen LogP contribution is -2.22. The molecule has 4 aromatic rings. The third kappa shape index (κ3) is 6.31. The number of nitrogens with one attached hydrogen (secondary N) is 4. The zero-order chi connectivity index (χ0) is 25.2. The fraction of sp³-hybridized carbons (Fsp3) is 0.296. The standard InChI is InChI=1S/C27H32N8O/c1-3-11-29-14-15-31-24-8-7-20(17-33-24)23-16-25(35-18-34-23)30-12-9-19-5-4-6-21-22(27(36)28-2)10-13-32-26(19)21/h4-8,10,13,16-18,29H,3,9,11-12,14-15H2,1-2H3,(H,28,36)(H,31,33)(H,30,34,35). The van der Waals surface area contributed by atoms with Crippen LogP contribution in [0.5, 0.6) is 0 Å². The van der Waals surface area contributed by atoms with Crippen LogP contribution in [0.15, 0.2) is 61.2 Å². The van der Waals surface area contributed by atoms with E-state index in [9.17, 15) is 4.79 Å². The number of amides is 1. The third-order valence-corrected chi connectivity index (χ3v) is 5.79. The summed E-state index contributed by atoms with van der Waals surface area (Å²) in [5, 5.41) is 13.6. The zero-order valence-electron chi connectivity index (χ0n) is 20.7. The predicted molar refractivity (Wildman–Crippen MR) is 144 cm³/mol. The lowest BCUT2D eigenvalue weighted by Gasteiger charge is -2.11. The normalized spacial score (nSPS) is 10.8. The molecule has 0 atom stereocenters. The first-order valence-electron chi connectivity index (χ1n) is 12.2. The van der Waals surface area contributed by atoms with Crippen LogP contribution in [-0.4, -0.2) is 59.1 Å². The second-order valence-electron chi connectivity index (χ2n) is 8.33. The van der Waals surface area contributed by atoms with Gasteiger partial charge in [0.1, 0.15) is 18.0 Å². The van der Waals surface area contributed by atoms with E-state index in [1.165, 1.54) is 0 Å². The van der Waals surface area contributed by atoms with Crippen molar-refractivity contribution in [1.82, 2.24) is 30.6 Å². The van der Waals surface area contributed by atoms with Gasteiger partial charge in [-0.3, -0.25) is 9.78 Å². The summed E-state index contributed by atoms with van der Waals surface area (Å²) in [7, 11) is 1.63. The van der Waals surface area contributed by atoms with Crippen LogP contribution < -0.4 is 21.3 Å². The summed E-state index contributed by atoms with van der Waals surface area (Å²) in [6.45, 7) is 5.57. The molecule has 9 nitrogen and oxygen atoms in total. The summed E-state index contributed by atoms with van der Waals surface area (Å²) in [6, 6.07) is 13.6. The molecule has 0 unspecified atom stereocenters. The smallest absolute Gasteiger partial charge is 0.251 e. The second kappa shape index (κ2) is 12.6. The average Bonchev–Trinajstić information content (AvgIpc) is 2.93. The molecule has 0 aliphatic heterocycles. The number of para-hydroxylation sites is 1. The first kappa shape index (κ1) is 25.0. The molecule has 9 heteroatoms. The van der Waals surface area contributed by atoms with Crippen LogP contribution in [0.3, 0.4) is 0 Å². The molecule has 4 N–H and O–H groups in total. The Labute approximate surface area is 211 Å². The molecule has 4 rings (SSSR count). The minimum absolute atomic E-state index is 0.117. The van der Waals surface area contributed by atoms with Gasteiger partial charge in [0.15, 0.2) is 0 Å². The molecule has 0 bridgehead atoms. The van der Waals surface area contributed by atoms with Crippen LogP contribution in [0.25, 0.3) is 22.2 Å². The lowest BCUT2D eigenvalue weighted by atomic mass is 10.0. The van der Waals surface area contributed by atoms with Crippen molar-refractivity contribution in [2.75, 3.05) is 43.9 Å². The number of benzene rings is 1. The van der Waals surface area contributed by atoms with Crippen molar-refractivity contribution in [1.29, 1.82) is 0 Å². The largest absolute Gasteiger partial charge is 0.370 e. The van der Waals surface area contributed by atoms with Gasteiger partial charge in [0.05, 0.1) is 16.8 Å². The molecule has 0 aliphatic carbocycles. The fourth-order valence-electron chi connectivity index (χ4n) is 3.94. The van der Waals surface area contributed by atoms with Crippen LogP contribution in [0.2, 0.25) is 0 Å². The third-order valence-electron chi connectivity index (χ3n) is 5.79. The van der Waals surface area contributed by atoms with Gasteiger partial charge < -0.3 is 21.3 Å². The number of anilines is 2. The van der Waals surface area contributed by atoms with E-state index in [0.29, 0.717) is 12.1 Å². The van der Waals surface area contributed by atoms with E-state index in [1.54, 1.807) is 25.6 Å². The number of pyridine rings is 2. The Kier molecular flexibility index (Phi) is 8.72. The van der Waals surface area contributed by atoms with E-state index in [0.717, 1.165) is 71.8 Å². The molecule has 0 spiro atoms. The van der Waals surface area contributed by atoms with Gasteiger partial charge in [-0.2, -0.15) is 0 Å². The maximum Gasteiger partial charge on any atom is 0.251 e. The second-order valence-corrected chi connectivity index (χ2v) is 8.33. The summed E-state index contributed by atoms with van der Waals surface area (Å²) >= 11 is 0. The molecule has 0 fully saturated rings. The number of hydrogen-bond acceptors (Lipinski definition) is 8. The van der Waals surface area contributed by atoms with Gasteiger partial charge >= 0.3 is 0 Å². The minimum Gasteiger partial charge on any atom is -0.370 e. The molecule has 0 aliphatic rings. The molecule has 0 saturated carbocycles. The molecular weight excluding hydrogens is 452 g/mol. The van der Waals surface area contributed by atoms with E-state index in [2.05, 4.69) is 48.1 Å². The highest BCUT2D eigenvalue weighted by Crippen LogP contribution is 2.22. The van der Waals surface area contributed by atoms with Gasteiger partial charge in [-0.15, -0.1) is 0 Å². The summed E-state index contributed by atoms with van der Waals surface area (Å²) in [6.07, 6.45) is 6.91. The molecule has 1 amide bonds. The van der Waals surface area contributed by atoms with Gasteiger partial charge in [-0.05, 0) is 43.1 Å². The highest BCUT2D eigenvalue weighted by atomic mass is 16.1. The Bertz CT molecular complexity index is 1290. The number of hydrogen-bond donors (Lipinski definition) is 4. The predicted octanol–water partition coefficient (Wildman–Crippen LogP) is 3.51. The van der Waals surface area contributed by atoms with Gasteiger partial charge in [0.2, 0.25) is 0 Å². The Morgan fingerprint density at radius 1 is 0.889 bits per heavy atom. The van der Waals surface area contributed by atoms with E-state index >= 15 is 0 Å². The highest BCUT2D eigenvalue weighted by Gasteiger charge is 2.11.